The van der Waals surface area contributed by atoms with E-state index in [1.54, 1.807) is 17.3 Å². The Kier molecular flexibility index (Phi) is 5.75. The molecule has 0 unspecified atom stereocenters. The van der Waals surface area contributed by atoms with Crippen LogP contribution in [0, 0.1) is 0 Å². The van der Waals surface area contributed by atoms with Crippen molar-refractivity contribution in [2.75, 3.05) is 18.8 Å². The first-order chi connectivity index (χ1) is 16.8. The summed E-state index contributed by atoms with van der Waals surface area (Å²) >= 11 is 0. The van der Waals surface area contributed by atoms with Gasteiger partial charge in [0.15, 0.2) is 17.3 Å². The molecule has 1 aliphatic heterocycles. The fraction of sp³-hybridized carbons (Fsp3) is 0.375. The second-order valence-corrected chi connectivity index (χ2v) is 9.41. The third kappa shape index (κ3) is 4.75. The minimum atomic E-state index is -0.501. The Balaban J connectivity index is 1.31. The lowest BCUT2D eigenvalue weighted by Gasteiger charge is -2.33. The van der Waals surface area contributed by atoms with Crippen LogP contribution in [-0.4, -0.2) is 60.6 Å². The van der Waals surface area contributed by atoms with E-state index in [1.165, 1.54) is 0 Å². The summed E-state index contributed by atoms with van der Waals surface area (Å²) in [5.41, 5.74) is 8.19. The monoisotopic (exact) mass is 477 g/mol. The maximum atomic E-state index is 12.3. The molecular weight excluding hydrogens is 450 g/mol. The van der Waals surface area contributed by atoms with Gasteiger partial charge in [-0.25, -0.2) is 14.4 Å². The van der Waals surface area contributed by atoms with Gasteiger partial charge in [-0.1, -0.05) is 0 Å². The predicted octanol–water partition coefficient (Wildman–Crippen LogP) is 3.83. The molecule has 182 valence electrons. The number of benzene rings is 1. The number of pyridine rings is 1. The maximum Gasteiger partial charge on any atom is 0.410 e. The Morgan fingerprint density at radius 1 is 1.11 bits per heavy atom. The SMILES string of the molecule is CC(C)(C)OC(=O)N1CCC(Oc2ccc(-n3c(-c4nonc4N)nc4cnccc43)cc2)CC1. The highest BCUT2D eigenvalue weighted by Crippen LogP contribution is 2.30. The minimum absolute atomic E-state index is 0.0243. The van der Waals surface area contributed by atoms with Crippen LogP contribution in [0.5, 0.6) is 5.75 Å². The summed E-state index contributed by atoms with van der Waals surface area (Å²) in [6.07, 6.45) is 4.61. The molecule has 5 rings (SSSR count). The standard InChI is InChI=1S/C24H27N7O4/c1-24(2,3)34-23(32)30-12-9-17(10-13-30)33-16-6-4-15(5-7-16)31-19-8-11-26-14-18(19)27-22(31)20-21(25)29-35-28-20/h4-8,11,14,17H,9-10,12-13H2,1-3H3,(H2,25,29). The Hall–Kier alpha value is -4.15. The van der Waals surface area contributed by atoms with Gasteiger partial charge < -0.3 is 20.1 Å². The van der Waals surface area contributed by atoms with Crippen molar-refractivity contribution in [1.82, 2.24) is 29.7 Å². The summed E-state index contributed by atoms with van der Waals surface area (Å²) in [5.74, 6) is 1.42. The van der Waals surface area contributed by atoms with Crippen LogP contribution < -0.4 is 10.5 Å². The number of hydrogen-bond acceptors (Lipinski definition) is 9. The fourth-order valence-corrected chi connectivity index (χ4v) is 4.05. The molecule has 0 radical (unpaired) electrons. The smallest absolute Gasteiger partial charge is 0.410 e. The number of nitrogens with zero attached hydrogens (tertiary/aromatic N) is 6. The predicted molar refractivity (Wildman–Crippen MR) is 128 cm³/mol. The third-order valence-electron chi connectivity index (χ3n) is 5.67. The molecule has 0 spiro atoms. The number of hydrogen-bond donors (Lipinski definition) is 1. The van der Waals surface area contributed by atoms with E-state index >= 15 is 0 Å². The highest BCUT2D eigenvalue weighted by atomic mass is 16.6. The van der Waals surface area contributed by atoms with Crippen molar-refractivity contribution in [3.8, 4) is 23.0 Å². The molecule has 4 aromatic rings. The lowest BCUT2D eigenvalue weighted by atomic mass is 10.1. The summed E-state index contributed by atoms with van der Waals surface area (Å²) in [5, 5.41) is 7.60. The van der Waals surface area contributed by atoms with E-state index < -0.39 is 5.60 Å². The van der Waals surface area contributed by atoms with Gasteiger partial charge in [0.05, 0.1) is 11.7 Å². The summed E-state index contributed by atoms with van der Waals surface area (Å²) in [4.78, 5) is 22.8. The lowest BCUT2D eigenvalue weighted by molar-refractivity contribution is 0.0126. The van der Waals surface area contributed by atoms with Crippen molar-refractivity contribution in [3.63, 3.8) is 0 Å². The van der Waals surface area contributed by atoms with Crippen LogP contribution in [0.2, 0.25) is 0 Å². The normalized spacial score (nSPS) is 14.9. The molecule has 0 bridgehead atoms. The number of carbonyl (C=O) groups excluding carboxylic acids is 1. The van der Waals surface area contributed by atoms with E-state index in [2.05, 4.69) is 20.3 Å². The molecule has 3 aromatic heterocycles. The number of fused-ring (bicyclic) bond motifs is 1. The first-order valence-corrected chi connectivity index (χ1v) is 11.4. The molecule has 11 nitrogen and oxygen atoms in total. The highest BCUT2D eigenvalue weighted by molar-refractivity contribution is 5.83. The number of piperidine rings is 1. The van der Waals surface area contributed by atoms with Gasteiger partial charge in [-0.05, 0) is 61.4 Å². The Morgan fingerprint density at radius 2 is 1.86 bits per heavy atom. The first-order valence-electron chi connectivity index (χ1n) is 11.4. The van der Waals surface area contributed by atoms with Crippen LogP contribution in [0.3, 0.4) is 0 Å². The molecule has 11 heteroatoms. The maximum absolute atomic E-state index is 12.3. The lowest BCUT2D eigenvalue weighted by Crippen LogP contribution is -2.44. The summed E-state index contributed by atoms with van der Waals surface area (Å²) in [7, 11) is 0. The van der Waals surface area contributed by atoms with Gasteiger partial charge in [0.25, 0.3) is 0 Å². The van der Waals surface area contributed by atoms with Crippen molar-refractivity contribution in [3.05, 3.63) is 42.7 Å². The fourth-order valence-electron chi connectivity index (χ4n) is 4.05. The molecule has 1 aliphatic rings. The molecule has 0 atom stereocenters. The van der Waals surface area contributed by atoms with E-state index in [4.69, 9.17) is 19.8 Å². The molecule has 35 heavy (non-hydrogen) atoms. The zero-order chi connectivity index (χ0) is 24.6. The summed E-state index contributed by atoms with van der Waals surface area (Å²) in [6, 6.07) is 9.59. The molecule has 0 aliphatic carbocycles. The zero-order valence-corrected chi connectivity index (χ0v) is 19.8. The molecule has 1 fully saturated rings. The Bertz CT molecular complexity index is 1330. The number of carbonyl (C=O) groups is 1. The summed E-state index contributed by atoms with van der Waals surface area (Å²) < 4.78 is 18.4. The van der Waals surface area contributed by atoms with E-state index in [0.717, 1.165) is 29.8 Å². The van der Waals surface area contributed by atoms with Crippen molar-refractivity contribution < 1.29 is 18.9 Å². The van der Waals surface area contributed by atoms with Crippen molar-refractivity contribution in [2.24, 2.45) is 0 Å². The largest absolute Gasteiger partial charge is 0.490 e. The molecule has 4 heterocycles. The topological polar surface area (TPSA) is 134 Å². The molecule has 1 saturated heterocycles. The Labute approximate surface area is 201 Å². The van der Waals surface area contributed by atoms with Gasteiger partial charge >= 0.3 is 6.09 Å². The van der Waals surface area contributed by atoms with Crippen LogP contribution in [0.25, 0.3) is 28.2 Å². The average Bonchev–Trinajstić information content (AvgIpc) is 3.42. The molecule has 0 saturated carbocycles. The first kappa shape index (κ1) is 22.6. The van der Waals surface area contributed by atoms with Crippen LogP contribution in [-0.2, 0) is 4.74 Å². The average molecular weight is 478 g/mol. The number of nitrogen functional groups attached to an aromatic ring is 1. The third-order valence-corrected chi connectivity index (χ3v) is 5.67. The van der Waals surface area contributed by atoms with Gasteiger partial charge in [-0.15, -0.1) is 0 Å². The van der Waals surface area contributed by atoms with Crippen LogP contribution in [0.1, 0.15) is 33.6 Å². The van der Waals surface area contributed by atoms with E-state index in [9.17, 15) is 4.79 Å². The highest BCUT2D eigenvalue weighted by Gasteiger charge is 2.28. The van der Waals surface area contributed by atoms with Crippen molar-refractivity contribution >= 4 is 22.9 Å². The second-order valence-electron chi connectivity index (χ2n) is 9.41. The number of nitrogens with two attached hydrogens (primary N) is 1. The summed E-state index contributed by atoms with van der Waals surface area (Å²) in [6.45, 7) is 6.81. The van der Waals surface area contributed by atoms with Gasteiger partial charge in [-0.2, -0.15) is 0 Å². The van der Waals surface area contributed by atoms with Crippen LogP contribution in [0.15, 0.2) is 47.4 Å². The van der Waals surface area contributed by atoms with E-state index in [1.807, 2.05) is 55.7 Å². The number of imidazole rings is 1. The number of amides is 1. The molecule has 1 amide bonds. The molecule has 1 aromatic carbocycles. The molecule has 2 N–H and O–H groups in total. The van der Waals surface area contributed by atoms with Gasteiger partial charge in [0.1, 0.15) is 23.0 Å². The van der Waals surface area contributed by atoms with Gasteiger partial charge in [-0.3, -0.25) is 9.55 Å². The van der Waals surface area contributed by atoms with Crippen LogP contribution >= 0.6 is 0 Å². The van der Waals surface area contributed by atoms with Crippen molar-refractivity contribution in [2.45, 2.75) is 45.3 Å². The quantitative estimate of drug-likeness (QED) is 0.465. The van der Waals surface area contributed by atoms with E-state index in [-0.39, 0.29) is 18.0 Å². The van der Waals surface area contributed by atoms with Gasteiger partial charge in [0.2, 0.25) is 0 Å². The number of likely N-dealkylation sites (tertiary alicyclic amines) is 1. The minimum Gasteiger partial charge on any atom is -0.490 e. The van der Waals surface area contributed by atoms with Crippen molar-refractivity contribution in [1.29, 1.82) is 0 Å². The number of ether oxygens (including phenoxy) is 2. The number of anilines is 1. The number of rotatable bonds is 4. The van der Waals surface area contributed by atoms with E-state index in [0.29, 0.717) is 30.1 Å². The number of aromatic nitrogens is 5. The molecular formula is C24H27N7O4. The Morgan fingerprint density at radius 3 is 2.51 bits per heavy atom. The van der Waals surface area contributed by atoms with Gasteiger partial charge in [0, 0.05) is 37.8 Å². The second kappa shape index (κ2) is 8.90. The zero-order valence-electron chi connectivity index (χ0n) is 19.8. The van der Waals surface area contributed by atoms with Crippen LogP contribution in [0.4, 0.5) is 10.6 Å².